The molecule has 0 aliphatic carbocycles. The number of rotatable bonds is 5. The van der Waals surface area contributed by atoms with Gasteiger partial charge in [0.25, 0.3) is 5.91 Å². The number of thiazole rings is 1. The minimum absolute atomic E-state index is 0.0756. The quantitative estimate of drug-likeness (QED) is 0.405. The van der Waals surface area contributed by atoms with Crippen molar-refractivity contribution in [2.75, 3.05) is 7.11 Å². The Morgan fingerprint density at radius 3 is 2.71 bits per heavy atom. The van der Waals surface area contributed by atoms with E-state index in [9.17, 15) is 4.79 Å². The van der Waals surface area contributed by atoms with E-state index < -0.39 is 0 Å². The Morgan fingerprint density at radius 1 is 1.10 bits per heavy atom. The van der Waals surface area contributed by atoms with Crippen molar-refractivity contribution in [2.45, 2.75) is 13.5 Å². The van der Waals surface area contributed by atoms with Crippen molar-refractivity contribution < 1.29 is 9.53 Å². The zero-order valence-corrected chi connectivity index (χ0v) is 18.1. The van der Waals surface area contributed by atoms with Gasteiger partial charge >= 0.3 is 0 Å². The third kappa shape index (κ3) is 3.78. The van der Waals surface area contributed by atoms with Crippen molar-refractivity contribution in [3.05, 3.63) is 89.6 Å². The molecule has 0 radical (unpaired) electrons. The number of imidazole rings is 1. The Balaban J connectivity index is 1.39. The molecule has 31 heavy (non-hydrogen) atoms. The molecule has 154 valence electrons. The SMILES string of the molecule is COc1ccc(-c2cn3c(n2)sc2cc(C(=O)NCc4cccc(C)c4)ccc23)cc1. The summed E-state index contributed by atoms with van der Waals surface area (Å²) in [7, 11) is 1.66. The first-order chi connectivity index (χ1) is 15.1. The van der Waals surface area contributed by atoms with Crippen LogP contribution in [-0.4, -0.2) is 22.4 Å². The number of fused-ring (bicyclic) bond motifs is 3. The second kappa shape index (κ2) is 7.89. The number of hydrogen-bond donors (Lipinski definition) is 1. The number of aryl methyl sites for hydroxylation is 1. The topological polar surface area (TPSA) is 55.6 Å². The number of benzene rings is 3. The van der Waals surface area contributed by atoms with Crippen molar-refractivity contribution in [2.24, 2.45) is 0 Å². The fraction of sp³-hybridized carbons (Fsp3) is 0.120. The van der Waals surface area contributed by atoms with Gasteiger partial charge in [0.2, 0.25) is 0 Å². The smallest absolute Gasteiger partial charge is 0.251 e. The van der Waals surface area contributed by atoms with Gasteiger partial charge in [0.1, 0.15) is 5.75 Å². The monoisotopic (exact) mass is 427 g/mol. The molecule has 0 saturated heterocycles. The van der Waals surface area contributed by atoms with Gasteiger partial charge in [0.05, 0.1) is 23.0 Å². The fourth-order valence-corrected chi connectivity index (χ4v) is 4.70. The van der Waals surface area contributed by atoms with Crippen LogP contribution in [0.15, 0.2) is 72.9 Å². The summed E-state index contributed by atoms with van der Waals surface area (Å²) in [6.45, 7) is 2.56. The van der Waals surface area contributed by atoms with Crippen molar-refractivity contribution in [3.63, 3.8) is 0 Å². The predicted octanol–water partition coefficient (Wildman–Crippen LogP) is 5.46. The molecule has 1 amide bonds. The first kappa shape index (κ1) is 19.3. The maximum Gasteiger partial charge on any atom is 0.251 e. The summed E-state index contributed by atoms with van der Waals surface area (Å²) in [6.07, 6.45) is 2.04. The van der Waals surface area contributed by atoms with Gasteiger partial charge in [-0.3, -0.25) is 9.20 Å². The van der Waals surface area contributed by atoms with E-state index in [0.29, 0.717) is 12.1 Å². The molecule has 0 fully saturated rings. The van der Waals surface area contributed by atoms with Crippen LogP contribution in [-0.2, 0) is 6.54 Å². The van der Waals surface area contributed by atoms with E-state index in [1.54, 1.807) is 18.4 Å². The van der Waals surface area contributed by atoms with Crippen LogP contribution in [0, 0.1) is 6.92 Å². The van der Waals surface area contributed by atoms with Crippen LogP contribution in [0.2, 0.25) is 0 Å². The number of aromatic nitrogens is 2. The Morgan fingerprint density at radius 2 is 1.94 bits per heavy atom. The fourth-order valence-electron chi connectivity index (χ4n) is 3.65. The molecule has 2 aromatic heterocycles. The summed E-state index contributed by atoms with van der Waals surface area (Å²) in [5.41, 5.74) is 5.93. The molecule has 0 saturated carbocycles. The largest absolute Gasteiger partial charge is 0.497 e. The second-order valence-electron chi connectivity index (χ2n) is 7.46. The normalized spacial score (nSPS) is 11.2. The van der Waals surface area contributed by atoms with Gasteiger partial charge in [0, 0.05) is 23.9 Å². The van der Waals surface area contributed by atoms with Gasteiger partial charge in [-0.15, -0.1) is 0 Å². The van der Waals surface area contributed by atoms with Crippen LogP contribution < -0.4 is 10.1 Å². The van der Waals surface area contributed by atoms with Gasteiger partial charge in [-0.25, -0.2) is 4.98 Å². The number of nitrogens with zero attached hydrogens (tertiary/aromatic N) is 2. The van der Waals surface area contributed by atoms with Gasteiger partial charge in [-0.1, -0.05) is 41.2 Å². The lowest BCUT2D eigenvalue weighted by Gasteiger charge is -2.06. The van der Waals surface area contributed by atoms with Crippen LogP contribution in [0.1, 0.15) is 21.5 Å². The third-order valence-corrected chi connectivity index (χ3v) is 6.30. The van der Waals surface area contributed by atoms with Gasteiger partial charge < -0.3 is 10.1 Å². The van der Waals surface area contributed by atoms with Gasteiger partial charge in [-0.05, 0) is 55.0 Å². The summed E-state index contributed by atoms with van der Waals surface area (Å²) >= 11 is 1.58. The highest BCUT2D eigenvalue weighted by atomic mass is 32.1. The van der Waals surface area contributed by atoms with E-state index in [2.05, 4.69) is 15.8 Å². The molecule has 5 nitrogen and oxygen atoms in total. The van der Waals surface area contributed by atoms with E-state index in [4.69, 9.17) is 9.72 Å². The molecule has 6 heteroatoms. The first-order valence-electron chi connectivity index (χ1n) is 10.0. The summed E-state index contributed by atoms with van der Waals surface area (Å²) in [6, 6.07) is 21.8. The van der Waals surface area contributed by atoms with Crippen LogP contribution in [0.3, 0.4) is 0 Å². The van der Waals surface area contributed by atoms with Crippen molar-refractivity contribution in [1.82, 2.24) is 14.7 Å². The maximum absolute atomic E-state index is 12.7. The molecule has 0 atom stereocenters. The average Bonchev–Trinajstić information content (AvgIpc) is 3.35. The second-order valence-corrected chi connectivity index (χ2v) is 8.47. The number of nitrogens with one attached hydrogen (secondary N) is 1. The maximum atomic E-state index is 12.7. The number of carbonyl (C=O) groups is 1. The minimum atomic E-state index is -0.0756. The lowest BCUT2D eigenvalue weighted by molar-refractivity contribution is 0.0951. The zero-order valence-electron chi connectivity index (χ0n) is 17.3. The van der Waals surface area contributed by atoms with Gasteiger partial charge in [-0.2, -0.15) is 0 Å². The number of amides is 1. The van der Waals surface area contributed by atoms with E-state index >= 15 is 0 Å². The zero-order chi connectivity index (χ0) is 21.4. The first-order valence-corrected chi connectivity index (χ1v) is 10.8. The average molecular weight is 428 g/mol. The van der Waals surface area contributed by atoms with E-state index in [0.717, 1.165) is 37.7 Å². The standard InChI is InChI=1S/C25H21N3O2S/c1-16-4-3-5-17(12-16)14-26-24(29)19-8-11-22-23(13-19)31-25-27-21(15-28(22)25)18-6-9-20(30-2)10-7-18/h3-13,15H,14H2,1-2H3,(H,26,29). The molecular weight excluding hydrogens is 406 g/mol. The number of hydrogen-bond acceptors (Lipinski definition) is 4. The van der Waals surface area contributed by atoms with E-state index in [-0.39, 0.29) is 5.91 Å². The van der Waals surface area contributed by atoms with E-state index in [1.807, 2.05) is 73.8 Å². The lowest BCUT2D eigenvalue weighted by Crippen LogP contribution is -2.22. The third-order valence-electron chi connectivity index (χ3n) is 5.28. The number of ether oxygens (including phenoxy) is 1. The molecule has 0 aliphatic rings. The van der Waals surface area contributed by atoms with Crippen molar-refractivity contribution in [1.29, 1.82) is 0 Å². The highest BCUT2D eigenvalue weighted by Gasteiger charge is 2.13. The van der Waals surface area contributed by atoms with Gasteiger partial charge in [0.15, 0.2) is 4.96 Å². The molecule has 0 aliphatic heterocycles. The summed E-state index contributed by atoms with van der Waals surface area (Å²) in [4.78, 5) is 18.3. The van der Waals surface area contributed by atoms with Crippen LogP contribution >= 0.6 is 11.3 Å². The molecule has 5 aromatic rings. The molecule has 0 spiro atoms. The molecule has 0 bridgehead atoms. The van der Waals surface area contributed by atoms with Crippen molar-refractivity contribution in [3.8, 4) is 17.0 Å². The minimum Gasteiger partial charge on any atom is -0.497 e. The Bertz CT molecular complexity index is 1400. The molecule has 0 unspecified atom stereocenters. The summed E-state index contributed by atoms with van der Waals surface area (Å²) < 4.78 is 8.34. The van der Waals surface area contributed by atoms with Crippen molar-refractivity contribution >= 4 is 32.4 Å². The summed E-state index contributed by atoms with van der Waals surface area (Å²) in [5, 5.41) is 3.01. The van der Waals surface area contributed by atoms with Crippen LogP contribution in [0.4, 0.5) is 0 Å². The lowest BCUT2D eigenvalue weighted by atomic mass is 10.1. The Hall–Kier alpha value is -3.64. The molecular formula is C25H21N3O2S. The Kier molecular flexibility index (Phi) is 4.92. The van der Waals surface area contributed by atoms with Crippen LogP contribution in [0.5, 0.6) is 5.75 Å². The molecule has 2 heterocycles. The molecule has 5 rings (SSSR count). The number of methoxy groups -OCH3 is 1. The highest BCUT2D eigenvalue weighted by molar-refractivity contribution is 7.23. The molecule has 3 aromatic carbocycles. The predicted molar refractivity (Wildman–Crippen MR) is 125 cm³/mol. The molecule has 1 N–H and O–H groups in total. The summed E-state index contributed by atoms with van der Waals surface area (Å²) in [5.74, 6) is 0.747. The number of carbonyl (C=O) groups excluding carboxylic acids is 1. The van der Waals surface area contributed by atoms with E-state index in [1.165, 1.54) is 5.56 Å². The highest BCUT2D eigenvalue weighted by Crippen LogP contribution is 2.30. The van der Waals surface area contributed by atoms with Crippen LogP contribution in [0.25, 0.3) is 26.4 Å². The Labute approximate surface area is 183 Å².